The summed E-state index contributed by atoms with van der Waals surface area (Å²) >= 11 is 0. The van der Waals surface area contributed by atoms with E-state index >= 15 is 0 Å². The third-order valence-electron chi connectivity index (χ3n) is 3.75. The predicted octanol–water partition coefficient (Wildman–Crippen LogP) is 2.97. The monoisotopic (exact) mass is 239 g/mol. The van der Waals surface area contributed by atoms with Crippen molar-refractivity contribution in [2.45, 2.75) is 20.3 Å². The smallest absolute Gasteiger partial charge is 0.137 e. The zero-order chi connectivity index (χ0) is 12.9. The normalized spacial score (nSPS) is 17.5. The fraction of sp³-hybridized carbons (Fsp3) is 0.267. The van der Waals surface area contributed by atoms with Crippen LogP contribution in [0.25, 0.3) is 0 Å². The molecule has 3 rings (SSSR count). The number of nitrogens with one attached hydrogen (secondary N) is 1. The molecule has 1 aromatic carbocycles. The molecule has 0 saturated heterocycles. The van der Waals surface area contributed by atoms with Crippen LogP contribution in [-0.4, -0.2) is 17.8 Å². The van der Waals surface area contributed by atoms with Crippen LogP contribution in [0.2, 0.25) is 0 Å². The zero-order valence-corrected chi connectivity index (χ0v) is 11.0. The maximum absolute atomic E-state index is 4.52. The summed E-state index contributed by atoms with van der Waals surface area (Å²) in [6.45, 7) is 8.23. The van der Waals surface area contributed by atoms with Crippen molar-refractivity contribution in [1.29, 1.82) is 0 Å². The predicted molar refractivity (Wildman–Crippen MR) is 75.7 cm³/mol. The molecule has 0 fully saturated rings. The first-order valence-corrected chi connectivity index (χ1v) is 6.14. The van der Waals surface area contributed by atoms with Crippen LogP contribution in [0.5, 0.6) is 0 Å². The molecule has 1 aromatic rings. The van der Waals surface area contributed by atoms with Crippen LogP contribution >= 0.6 is 0 Å². The minimum absolute atomic E-state index is 0.773. The van der Waals surface area contributed by atoms with Crippen LogP contribution in [0.1, 0.15) is 16.7 Å². The minimum Gasteiger partial charge on any atom is -0.339 e. The van der Waals surface area contributed by atoms with E-state index in [-0.39, 0.29) is 0 Å². The lowest BCUT2D eigenvalue weighted by molar-refractivity contribution is 0.553. The Labute approximate surface area is 108 Å². The van der Waals surface area contributed by atoms with Gasteiger partial charge in [0.25, 0.3) is 0 Å². The second-order valence-electron chi connectivity index (χ2n) is 4.99. The summed E-state index contributed by atoms with van der Waals surface area (Å²) in [5.74, 6) is 1.72. The van der Waals surface area contributed by atoms with E-state index in [1.54, 1.807) is 0 Å². The molecule has 0 atom stereocenters. The lowest BCUT2D eigenvalue weighted by Crippen LogP contribution is -2.29. The number of nitrogens with zero attached hydrogens (tertiary/aromatic N) is 2. The maximum Gasteiger partial charge on any atom is 0.137 e. The number of fused-ring (bicyclic) bond motifs is 2. The Morgan fingerprint density at radius 1 is 1.33 bits per heavy atom. The molecule has 0 aromatic heterocycles. The Kier molecular flexibility index (Phi) is 2.30. The number of hydrogen-bond acceptors (Lipinski definition) is 3. The van der Waals surface area contributed by atoms with Gasteiger partial charge in [-0.25, -0.2) is 4.99 Å². The second kappa shape index (κ2) is 3.73. The second-order valence-corrected chi connectivity index (χ2v) is 4.99. The maximum atomic E-state index is 4.52. The van der Waals surface area contributed by atoms with Gasteiger partial charge in [-0.1, -0.05) is 18.7 Å². The van der Waals surface area contributed by atoms with Crippen LogP contribution in [0.3, 0.4) is 0 Å². The van der Waals surface area contributed by atoms with Crippen LogP contribution in [0, 0.1) is 13.8 Å². The minimum atomic E-state index is 0.773. The van der Waals surface area contributed by atoms with Crippen molar-refractivity contribution in [3.63, 3.8) is 0 Å². The topological polar surface area (TPSA) is 27.6 Å². The highest BCUT2D eigenvalue weighted by molar-refractivity contribution is 6.12. The molecule has 2 aliphatic rings. The number of aliphatic imine (C=N–C) groups is 1. The first-order chi connectivity index (χ1) is 8.56. The average molecular weight is 239 g/mol. The Morgan fingerprint density at radius 2 is 2.11 bits per heavy atom. The Bertz CT molecular complexity index is 608. The summed E-state index contributed by atoms with van der Waals surface area (Å²) in [4.78, 5) is 6.49. The highest BCUT2D eigenvalue weighted by atomic mass is 15.2. The molecule has 0 bridgehead atoms. The SMILES string of the molecule is C=C1N=C2Nc3c(ccc(C)c3C)CC2=CN1C. The Morgan fingerprint density at radius 3 is 2.89 bits per heavy atom. The number of hydrogen-bond donors (Lipinski definition) is 1. The lowest BCUT2D eigenvalue weighted by Gasteiger charge is -2.30. The summed E-state index contributed by atoms with van der Waals surface area (Å²) in [7, 11) is 1.98. The quantitative estimate of drug-likeness (QED) is 0.753. The summed E-state index contributed by atoms with van der Waals surface area (Å²) in [5.41, 5.74) is 6.38. The Hall–Kier alpha value is -2.03. The van der Waals surface area contributed by atoms with Crippen molar-refractivity contribution >= 4 is 11.5 Å². The van der Waals surface area contributed by atoms with Gasteiger partial charge in [0.1, 0.15) is 11.7 Å². The molecule has 0 amide bonds. The summed E-state index contributed by atoms with van der Waals surface area (Å²) in [6.07, 6.45) is 3.04. The first-order valence-electron chi connectivity index (χ1n) is 6.14. The summed E-state index contributed by atoms with van der Waals surface area (Å²) < 4.78 is 0. The number of amidine groups is 1. The molecule has 0 unspecified atom stereocenters. The van der Waals surface area contributed by atoms with Gasteiger partial charge in [0.2, 0.25) is 0 Å². The van der Waals surface area contributed by atoms with E-state index < -0.39 is 0 Å². The van der Waals surface area contributed by atoms with Crippen molar-refractivity contribution in [1.82, 2.24) is 4.90 Å². The molecule has 3 nitrogen and oxygen atoms in total. The molecule has 2 heterocycles. The van der Waals surface area contributed by atoms with Crippen molar-refractivity contribution < 1.29 is 0 Å². The summed E-state index contributed by atoms with van der Waals surface area (Å²) in [5, 5.41) is 3.45. The molecule has 1 N–H and O–H groups in total. The average Bonchev–Trinajstić information content (AvgIpc) is 2.34. The highest BCUT2D eigenvalue weighted by Gasteiger charge is 2.23. The van der Waals surface area contributed by atoms with E-state index in [1.165, 1.54) is 28.0 Å². The molecule has 0 aliphatic carbocycles. The van der Waals surface area contributed by atoms with Gasteiger partial charge in [0.15, 0.2) is 0 Å². The van der Waals surface area contributed by atoms with Gasteiger partial charge in [0, 0.05) is 30.9 Å². The van der Waals surface area contributed by atoms with Gasteiger partial charge in [-0.05, 0) is 30.5 Å². The van der Waals surface area contributed by atoms with Gasteiger partial charge in [-0.2, -0.15) is 0 Å². The van der Waals surface area contributed by atoms with E-state index in [2.05, 4.69) is 49.1 Å². The lowest BCUT2D eigenvalue weighted by atomic mass is 9.93. The largest absolute Gasteiger partial charge is 0.339 e. The van der Waals surface area contributed by atoms with Crippen LogP contribution in [-0.2, 0) is 6.42 Å². The van der Waals surface area contributed by atoms with Gasteiger partial charge in [-0.3, -0.25) is 0 Å². The van der Waals surface area contributed by atoms with E-state index in [0.29, 0.717) is 0 Å². The fourth-order valence-electron chi connectivity index (χ4n) is 2.40. The van der Waals surface area contributed by atoms with Crippen LogP contribution in [0.15, 0.2) is 41.3 Å². The summed E-state index contributed by atoms with van der Waals surface area (Å²) in [6, 6.07) is 4.38. The van der Waals surface area contributed by atoms with Gasteiger partial charge < -0.3 is 10.2 Å². The molecule has 92 valence electrons. The van der Waals surface area contributed by atoms with Crippen molar-refractivity contribution in [3.8, 4) is 0 Å². The molecule has 3 heteroatoms. The molecule has 0 spiro atoms. The molecule has 18 heavy (non-hydrogen) atoms. The standard InChI is InChI=1S/C15H17N3/c1-9-5-6-12-7-13-8-18(4)11(3)16-15(13)17-14(12)10(9)2/h5-6,8H,3,7H2,1-2,4H3,(H,16,17). The van der Waals surface area contributed by atoms with Crippen LogP contribution < -0.4 is 5.32 Å². The highest BCUT2D eigenvalue weighted by Crippen LogP contribution is 2.32. The number of aryl methyl sites for hydroxylation is 1. The van der Waals surface area contributed by atoms with Crippen molar-refractivity contribution in [2.24, 2.45) is 4.99 Å². The van der Waals surface area contributed by atoms with Crippen molar-refractivity contribution in [3.05, 3.63) is 53.0 Å². The van der Waals surface area contributed by atoms with E-state index in [1.807, 2.05) is 11.9 Å². The van der Waals surface area contributed by atoms with Gasteiger partial charge in [-0.15, -0.1) is 0 Å². The van der Waals surface area contributed by atoms with Gasteiger partial charge >= 0.3 is 0 Å². The van der Waals surface area contributed by atoms with Gasteiger partial charge in [0.05, 0.1) is 0 Å². The molecule has 0 radical (unpaired) electrons. The number of benzene rings is 1. The number of rotatable bonds is 0. The number of anilines is 1. The van der Waals surface area contributed by atoms with Crippen LogP contribution in [0.4, 0.5) is 5.69 Å². The first kappa shape index (κ1) is 11.1. The van der Waals surface area contributed by atoms with E-state index in [9.17, 15) is 0 Å². The molecular formula is C15H17N3. The Balaban J connectivity index is 2.11. The molecule has 0 saturated carbocycles. The van der Waals surface area contributed by atoms with E-state index in [0.717, 1.165) is 18.1 Å². The zero-order valence-electron chi connectivity index (χ0n) is 11.0. The third kappa shape index (κ3) is 1.55. The fourth-order valence-corrected chi connectivity index (χ4v) is 2.40. The molecule has 2 aliphatic heterocycles. The van der Waals surface area contributed by atoms with E-state index in [4.69, 9.17) is 0 Å². The van der Waals surface area contributed by atoms with Crippen molar-refractivity contribution in [2.75, 3.05) is 12.4 Å². The third-order valence-corrected chi connectivity index (χ3v) is 3.75. The molecular weight excluding hydrogens is 222 g/mol.